The normalized spacial score (nSPS) is 13.0. The third kappa shape index (κ3) is 2.27. The number of para-hydroxylation sites is 1. The fourth-order valence-corrected chi connectivity index (χ4v) is 3.02. The van der Waals surface area contributed by atoms with Gasteiger partial charge in [0.2, 0.25) is 0 Å². The van der Waals surface area contributed by atoms with Gasteiger partial charge < -0.3 is 10.6 Å². The molecule has 0 spiro atoms. The first kappa shape index (κ1) is 14.3. The molecule has 3 rings (SSSR count). The summed E-state index contributed by atoms with van der Waals surface area (Å²) in [5, 5.41) is 11.7. The summed E-state index contributed by atoms with van der Waals surface area (Å²) in [5.74, 6) is -0.569. The number of anilines is 2. The molecule has 0 atom stereocenters. The summed E-state index contributed by atoms with van der Waals surface area (Å²) >= 11 is 5.95. The maximum Gasteiger partial charge on any atom is 0.294 e. The van der Waals surface area contributed by atoms with Crippen LogP contribution in [0.5, 0.6) is 0 Å². The van der Waals surface area contributed by atoms with Gasteiger partial charge >= 0.3 is 0 Å². The van der Waals surface area contributed by atoms with Crippen molar-refractivity contribution >= 4 is 34.6 Å². The second kappa shape index (κ2) is 5.31. The number of benzene rings is 2. The predicted molar refractivity (Wildman–Crippen MR) is 83.8 cm³/mol. The average molecular weight is 318 g/mol. The maximum absolute atomic E-state index is 11.6. The minimum Gasteiger partial charge on any atom is -0.366 e. The van der Waals surface area contributed by atoms with Gasteiger partial charge in [-0.15, -0.1) is 0 Å². The molecule has 0 aromatic heterocycles. The van der Waals surface area contributed by atoms with Gasteiger partial charge in [-0.25, -0.2) is 0 Å². The van der Waals surface area contributed by atoms with Gasteiger partial charge in [-0.3, -0.25) is 14.9 Å². The van der Waals surface area contributed by atoms with Gasteiger partial charge in [0.1, 0.15) is 5.69 Å². The summed E-state index contributed by atoms with van der Waals surface area (Å²) in [6.45, 7) is 0.529. The molecule has 22 heavy (non-hydrogen) atoms. The van der Waals surface area contributed by atoms with Crippen molar-refractivity contribution in [1.82, 2.24) is 0 Å². The second-order valence-corrected chi connectivity index (χ2v) is 5.41. The minimum absolute atomic E-state index is 0.0701. The van der Waals surface area contributed by atoms with Crippen molar-refractivity contribution in [3.05, 3.63) is 62.7 Å². The highest BCUT2D eigenvalue weighted by atomic mass is 35.5. The third-order valence-electron chi connectivity index (χ3n) is 3.67. The summed E-state index contributed by atoms with van der Waals surface area (Å²) < 4.78 is 0. The van der Waals surface area contributed by atoms with Crippen molar-refractivity contribution in [3.63, 3.8) is 0 Å². The average Bonchev–Trinajstić information content (AvgIpc) is 2.89. The van der Waals surface area contributed by atoms with E-state index in [1.54, 1.807) is 35.2 Å². The molecule has 2 aromatic rings. The zero-order valence-electron chi connectivity index (χ0n) is 11.5. The van der Waals surface area contributed by atoms with E-state index in [1.807, 2.05) is 0 Å². The number of nitro benzene ring substituents is 1. The van der Waals surface area contributed by atoms with Gasteiger partial charge in [-0.1, -0.05) is 23.7 Å². The first-order valence-corrected chi connectivity index (χ1v) is 7.00. The molecule has 7 heteroatoms. The Balaban J connectivity index is 2.20. The maximum atomic E-state index is 11.6. The molecule has 0 bridgehead atoms. The number of fused-ring (bicyclic) bond motifs is 1. The van der Waals surface area contributed by atoms with Crippen LogP contribution in [0.15, 0.2) is 36.4 Å². The first-order chi connectivity index (χ1) is 10.5. The number of nitrogens with two attached hydrogens (primary N) is 1. The van der Waals surface area contributed by atoms with Gasteiger partial charge in [-0.2, -0.15) is 0 Å². The Morgan fingerprint density at radius 3 is 2.73 bits per heavy atom. The zero-order chi connectivity index (χ0) is 15.9. The molecular weight excluding hydrogens is 306 g/mol. The van der Waals surface area contributed by atoms with E-state index in [2.05, 4.69) is 0 Å². The standard InChI is InChI=1S/C15H12ClN3O3/c16-10-7-9-5-6-18(14(9)13(8-10)19(21)22)12-4-2-1-3-11(12)15(17)20/h1-4,7-8H,5-6H2,(H2,17,20). The smallest absolute Gasteiger partial charge is 0.294 e. The number of halogens is 1. The van der Waals surface area contributed by atoms with Gasteiger partial charge in [0.25, 0.3) is 11.6 Å². The SMILES string of the molecule is NC(=O)c1ccccc1N1CCc2cc(Cl)cc([N+](=O)[O-])c21. The van der Waals surface area contributed by atoms with E-state index in [9.17, 15) is 14.9 Å². The Hall–Kier alpha value is -2.60. The van der Waals surface area contributed by atoms with Crippen LogP contribution in [0.1, 0.15) is 15.9 Å². The Bertz CT molecular complexity index is 792. The van der Waals surface area contributed by atoms with E-state index in [1.165, 1.54) is 6.07 Å². The third-order valence-corrected chi connectivity index (χ3v) is 3.88. The molecule has 112 valence electrons. The lowest BCUT2D eigenvalue weighted by molar-refractivity contribution is -0.384. The molecule has 6 nitrogen and oxygen atoms in total. The van der Waals surface area contributed by atoms with E-state index in [0.29, 0.717) is 34.9 Å². The monoisotopic (exact) mass is 317 g/mol. The number of carbonyl (C=O) groups is 1. The van der Waals surface area contributed by atoms with Gasteiger partial charge in [0, 0.05) is 17.6 Å². The Morgan fingerprint density at radius 2 is 2.05 bits per heavy atom. The lowest BCUT2D eigenvalue weighted by atomic mass is 10.1. The minimum atomic E-state index is -0.569. The number of nitro groups is 1. The second-order valence-electron chi connectivity index (χ2n) is 4.97. The summed E-state index contributed by atoms with van der Waals surface area (Å²) in [4.78, 5) is 24.2. The van der Waals surface area contributed by atoms with Gasteiger partial charge in [0.15, 0.2) is 0 Å². The van der Waals surface area contributed by atoms with Crippen molar-refractivity contribution in [2.45, 2.75) is 6.42 Å². The quantitative estimate of drug-likeness (QED) is 0.696. The molecule has 0 saturated heterocycles. The van der Waals surface area contributed by atoms with Gasteiger partial charge in [-0.05, 0) is 30.2 Å². The molecule has 0 fully saturated rings. The summed E-state index contributed by atoms with van der Waals surface area (Å²) in [7, 11) is 0. The first-order valence-electron chi connectivity index (χ1n) is 6.62. The van der Waals surface area contributed by atoms with Crippen LogP contribution >= 0.6 is 11.6 Å². The Morgan fingerprint density at radius 1 is 1.32 bits per heavy atom. The number of hydrogen-bond acceptors (Lipinski definition) is 4. The molecule has 0 saturated carbocycles. The molecule has 0 radical (unpaired) electrons. The lowest BCUT2D eigenvalue weighted by Crippen LogP contribution is -2.20. The van der Waals surface area contributed by atoms with Crippen LogP contribution in [0.3, 0.4) is 0 Å². The molecule has 0 unspecified atom stereocenters. The van der Waals surface area contributed by atoms with Crippen molar-refractivity contribution in [2.24, 2.45) is 5.73 Å². The van der Waals surface area contributed by atoms with Crippen LogP contribution in [-0.4, -0.2) is 17.4 Å². The molecule has 1 aliphatic rings. The number of amides is 1. The van der Waals surface area contributed by atoms with Crippen LogP contribution in [-0.2, 0) is 6.42 Å². The van der Waals surface area contributed by atoms with Crippen molar-refractivity contribution in [3.8, 4) is 0 Å². The molecule has 1 aliphatic heterocycles. The molecule has 2 aromatic carbocycles. The van der Waals surface area contributed by atoms with E-state index in [-0.39, 0.29) is 5.69 Å². The summed E-state index contributed by atoms with van der Waals surface area (Å²) in [6, 6.07) is 9.85. The summed E-state index contributed by atoms with van der Waals surface area (Å²) in [6.07, 6.45) is 0.615. The Kier molecular flexibility index (Phi) is 3.46. The highest BCUT2D eigenvalue weighted by molar-refractivity contribution is 6.31. The zero-order valence-corrected chi connectivity index (χ0v) is 12.2. The Labute approximate surface area is 131 Å². The highest BCUT2D eigenvalue weighted by Gasteiger charge is 2.31. The van der Waals surface area contributed by atoms with E-state index >= 15 is 0 Å². The number of carbonyl (C=O) groups excluding carboxylic acids is 1. The van der Waals surface area contributed by atoms with E-state index in [0.717, 1.165) is 5.56 Å². The van der Waals surface area contributed by atoms with Crippen molar-refractivity contribution in [2.75, 3.05) is 11.4 Å². The fourth-order valence-electron chi connectivity index (χ4n) is 2.78. The lowest BCUT2D eigenvalue weighted by Gasteiger charge is -2.21. The predicted octanol–water partition coefficient (Wildman–Crippen LogP) is 3.04. The number of rotatable bonds is 3. The van der Waals surface area contributed by atoms with Crippen LogP contribution in [0.2, 0.25) is 5.02 Å². The summed E-state index contributed by atoms with van der Waals surface area (Å²) in [5.41, 5.74) is 7.50. The number of nitrogens with zero attached hydrogens (tertiary/aromatic N) is 2. The fraction of sp³-hybridized carbons (Fsp3) is 0.133. The molecule has 1 amide bonds. The van der Waals surface area contributed by atoms with Gasteiger partial charge in [0.05, 0.1) is 16.2 Å². The van der Waals surface area contributed by atoms with E-state index in [4.69, 9.17) is 17.3 Å². The van der Waals surface area contributed by atoms with Crippen LogP contribution in [0.25, 0.3) is 0 Å². The van der Waals surface area contributed by atoms with Crippen LogP contribution in [0.4, 0.5) is 17.1 Å². The molecule has 0 aliphatic carbocycles. The van der Waals surface area contributed by atoms with Crippen LogP contribution < -0.4 is 10.6 Å². The van der Waals surface area contributed by atoms with E-state index < -0.39 is 10.8 Å². The number of primary amides is 1. The highest BCUT2D eigenvalue weighted by Crippen LogP contribution is 2.43. The molecular formula is C15H12ClN3O3. The van der Waals surface area contributed by atoms with Crippen molar-refractivity contribution < 1.29 is 9.72 Å². The number of hydrogen-bond donors (Lipinski definition) is 1. The van der Waals surface area contributed by atoms with Crippen LogP contribution in [0, 0.1) is 10.1 Å². The molecule has 2 N–H and O–H groups in total. The molecule has 1 heterocycles. The van der Waals surface area contributed by atoms with Crippen molar-refractivity contribution in [1.29, 1.82) is 0 Å². The topological polar surface area (TPSA) is 89.5 Å². The largest absolute Gasteiger partial charge is 0.366 e.